The van der Waals surface area contributed by atoms with Crippen LogP contribution in [-0.4, -0.2) is 65.1 Å². The molecule has 2 aliphatic rings. The lowest BCUT2D eigenvalue weighted by Crippen LogP contribution is -2.49. The van der Waals surface area contributed by atoms with Gasteiger partial charge in [-0.3, -0.25) is 9.69 Å². The van der Waals surface area contributed by atoms with Crippen molar-refractivity contribution >= 4 is 5.91 Å². The molecule has 1 aromatic carbocycles. The van der Waals surface area contributed by atoms with Gasteiger partial charge in [-0.05, 0) is 31.4 Å². The monoisotopic (exact) mass is 338 g/mol. The molecule has 6 heteroatoms. The number of benzene rings is 1. The van der Waals surface area contributed by atoms with Crippen LogP contribution in [-0.2, 0) is 0 Å². The van der Waals surface area contributed by atoms with Crippen LogP contribution in [0.3, 0.4) is 0 Å². The molecule has 0 aliphatic carbocycles. The number of amides is 1. The molecule has 0 unspecified atom stereocenters. The van der Waals surface area contributed by atoms with Crippen LogP contribution in [0.4, 0.5) is 8.78 Å². The van der Waals surface area contributed by atoms with E-state index in [1.165, 1.54) is 0 Å². The van der Waals surface area contributed by atoms with E-state index < -0.39 is 12.0 Å². The van der Waals surface area contributed by atoms with Crippen LogP contribution in [0.5, 0.6) is 0 Å². The molecule has 0 spiro atoms. The van der Waals surface area contributed by atoms with Crippen LogP contribution in [0.2, 0.25) is 0 Å². The fraction of sp³-hybridized carbons (Fsp3) is 0.611. The minimum atomic E-state index is -2.72. The molecule has 1 aromatic rings. The van der Waals surface area contributed by atoms with E-state index in [4.69, 9.17) is 0 Å². The third-order valence-corrected chi connectivity index (χ3v) is 5.22. The molecule has 1 atom stereocenters. The lowest BCUT2D eigenvalue weighted by Gasteiger charge is -2.38. The van der Waals surface area contributed by atoms with Crippen LogP contribution in [0.25, 0.3) is 0 Å². The number of piperidine rings is 1. The van der Waals surface area contributed by atoms with Crippen molar-refractivity contribution in [3.63, 3.8) is 0 Å². The van der Waals surface area contributed by atoms with E-state index >= 15 is 0 Å². The van der Waals surface area contributed by atoms with E-state index in [0.717, 1.165) is 5.56 Å². The van der Waals surface area contributed by atoms with Crippen LogP contribution in [0.1, 0.15) is 35.2 Å². The number of aryl methyl sites for hydroxylation is 1. The highest BCUT2D eigenvalue weighted by Crippen LogP contribution is 2.35. The number of hydrogen-bond donors (Lipinski definition) is 1. The zero-order chi connectivity index (χ0) is 17.3. The molecule has 2 aliphatic heterocycles. The average Bonchev–Trinajstić information content (AvgIpc) is 2.90. The number of likely N-dealkylation sites (tertiary alicyclic amines) is 2. The summed E-state index contributed by atoms with van der Waals surface area (Å²) in [6, 6.07) is 7.04. The fourth-order valence-corrected chi connectivity index (χ4v) is 3.90. The molecule has 132 valence electrons. The van der Waals surface area contributed by atoms with Crippen molar-refractivity contribution in [2.45, 2.75) is 44.2 Å². The molecule has 0 radical (unpaired) electrons. The normalized spacial score (nSPS) is 25.2. The first-order valence-corrected chi connectivity index (χ1v) is 8.50. The van der Waals surface area contributed by atoms with E-state index in [0.29, 0.717) is 31.5 Å². The van der Waals surface area contributed by atoms with Crippen LogP contribution in [0.15, 0.2) is 24.3 Å². The zero-order valence-corrected chi connectivity index (χ0v) is 13.9. The Labute approximate surface area is 141 Å². The van der Waals surface area contributed by atoms with Gasteiger partial charge in [0.05, 0.1) is 13.2 Å². The van der Waals surface area contributed by atoms with Gasteiger partial charge in [0.15, 0.2) is 0 Å². The van der Waals surface area contributed by atoms with Crippen LogP contribution >= 0.6 is 0 Å². The SMILES string of the molecule is Cc1ccccc1C(=O)N1CCC(N2CC(F)(F)C[C@H]2CO)CC1. The number of halogens is 2. The van der Waals surface area contributed by atoms with Crippen molar-refractivity contribution in [2.75, 3.05) is 26.2 Å². The zero-order valence-electron chi connectivity index (χ0n) is 13.9. The summed E-state index contributed by atoms with van der Waals surface area (Å²) < 4.78 is 27.3. The summed E-state index contributed by atoms with van der Waals surface area (Å²) in [4.78, 5) is 16.2. The Balaban J connectivity index is 1.62. The topological polar surface area (TPSA) is 43.8 Å². The Bertz CT molecular complexity index is 600. The van der Waals surface area contributed by atoms with E-state index in [1.807, 2.05) is 31.2 Å². The predicted octanol–water partition coefficient (Wildman–Crippen LogP) is 2.30. The second-order valence-corrected chi connectivity index (χ2v) is 6.91. The molecule has 1 amide bonds. The molecule has 2 saturated heterocycles. The standard InChI is InChI=1S/C18H24F2N2O2/c1-13-4-2-3-5-16(13)17(24)21-8-6-14(7-9-21)22-12-18(19,20)10-15(22)11-23/h2-5,14-15,23H,6-12H2,1H3/t15-/m0/s1. The Morgan fingerprint density at radius 3 is 2.58 bits per heavy atom. The quantitative estimate of drug-likeness (QED) is 0.920. The number of rotatable bonds is 3. The molecule has 2 heterocycles. The number of nitrogens with zero attached hydrogens (tertiary/aromatic N) is 2. The molecular formula is C18H24F2N2O2. The maximum atomic E-state index is 13.6. The van der Waals surface area contributed by atoms with E-state index in [1.54, 1.807) is 9.80 Å². The maximum Gasteiger partial charge on any atom is 0.262 e. The predicted molar refractivity (Wildman–Crippen MR) is 87.2 cm³/mol. The minimum absolute atomic E-state index is 0.0106. The smallest absolute Gasteiger partial charge is 0.262 e. The number of hydrogen-bond acceptors (Lipinski definition) is 3. The highest BCUT2D eigenvalue weighted by Gasteiger charge is 2.47. The first kappa shape index (κ1) is 17.3. The Kier molecular flexibility index (Phi) is 4.88. The maximum absolute atomic E-state index is 13.6. The number of alkyl halides is 2. The summed E-state index contributed by atoms with van der Waals surface area (Å²) in [6.45, 7) is 2.53. The van der Waals surface area contributed by atoms with Gasteiger partial charge in [0.25, 0.3) is 11.8 Å². The van der Waals surface area contributed by atoms with E-state index in [9.17, 15) is 18.7 Å². The first-order chi connectivity index (χ1) is 11.4. The minimum Gasteiger partial charge on any atom is -0.395 e. The third-order valence-electron chi connectivity index (χ3n) is 5.22. The molecule has 24 heavy (non-hydrogen) atoms. The second kappa shape index (κ2) is 6.76. The summed E-state index contributed by atoms with van der Waals surface area (Å²) in [5.74, 6) is -2.71. The van der Waals surface area contributed by atoms with Gasteiger partial charge >= 0.3 is 0 Å². The molecule has 0 saturated carbocycles. The number of aliphatic hydroxyl groups excluding tert-OH is 1. The summed E-state index contributed by atoms with van der Waals surface area (Å²) in [6.07, 6.45) is 1.07. The second-order valence-electron chi connectivity index (χ2n) is 6.91. The number of aliphatic hydroxyl groups is 1. The van der Waals surface area contributed by atoms with Gasteiger partial charge in [-0.25, -0.2) is 8.78 Å². The molecule has 0 aromatic heterocycles. The molecular weight excluding hydrogens is 314 g/mol. The van der Waals surface area contributed by atoms with Gasteiger partial charge in [-0.15, -0.1) is 0 Å². The summed E-state index contributed by atoms with van der Waals surface area (Å²) in [7, 11) is 0. The largest absolute Gasteiger partial charge is 0.395 e. The highest BCUT2D eigenvalue weighted by molar-refractivity contribution is 5.95. The highest BCUT2D eigenvalue weighted by atomic mass is 19.3. The Morgan fingerprint density at radius 2 is 1.96 bits per heavy atom. The van der Waals surface area contributed by atoms with Crippen molar-refractivity contribution < 1.29 is 18.7 Å². The van der Waals surface area contributed by atoms with Crippen molar-refractivity contribution in [2.24, 2.45) is 0 Å². The number of carbonyl (C=O) groups excluding carboxylic acids is 1. The molecule has 0 bridgehead atoms. The van der Waals surface area contributed by atoms with E-state index in [-0.39, 0.29) is 31.5 Å². The summed E-state index contributed by atoms with van der Waals surface area (Å²) >= 11 is 0. The summed E-state index contributed by atoms with van der Waals surface area (Å²) in [5.41, 5.74) is 1.65. The third kappa shape index (κ3) is 3.44. The molecule has 1 N–H and O–H groups in total. The van der Waals surface area contributed by atoms with Gasteiger partial charge in [-0.2, -0.15) is 0 Å². The fourth-order valence-electron chi connectivity index (χ4n) is 3.90. The lowest BCUT2D eigenvalue weighted by atomic mass is 10.0. The van der Waals surface area contributed by atoms with Crippen molar-refractivity contribution in [3.8, 4) is 0 Å². The molecule has 2 fully saturated rings. The van der Waals surface area contributed by atoms with Crippen molar-refractivity contribution in [1.82, 2.24) is 9.80 Å². The van der Waals surface area contributed by atoms with Crippen LogP contribution in [0, 0.1) is 6.92 Å². The molecule has 3 rings (SSSR count). The van der Waals surface area contributed by atoms with Gasteiger partial charge in [0.2, 0.25) is 0 Å². The van der Waals surface area contributed by atoms with Gasteiger partial charge < -0.3 is 10.0 Å². The van der Waals surface area contributed by atoms with Gasteiger partial charge in [-0.1, -0.05) is 18.2 Å². The van der Waals surface area contributed by atoms with Crippen molar-refractivity contribution in [3.05, 3.63) is 35.4 Å². The van der Waals surface area contributed by atoms with Gasteiger partial charge in [0, 0.05) is 37.2 Å². The molecule has 4 nitrogen and oxygen atoms in total. The summed E-state index contributed by atoms with van der Waals surface area (Å²) in [5, 5.41) is 9.38. The number of carbonyl (C=O) groups is 1. The lowest BCUT2D eigenvalue weighted by molar-refractivity contribution is 0.00296. The van der Waals surface area contributed by atoms with Crippen LogP contribution < -0.4 is 0 Å². The Hall–Kier alpha value is -1.53. The van der Waals surface area contributed by atoms with Gasteiger partial charge in [0.1, 0.15) is 0 Å². The van der Waals surface area contributed by atoms with Crippen molar-refractivity contribution in [1.29, 1.82) is 0 Å². The first-order valence-electron chi connectivity index (χ1n) is 8.50. The average molecular weight is 338 g/mol. The van der Waals surface area contributed by atoms with E-state index in [2.05, 4.69) is 0 Å². The Morgan fingerprint density at radius 1 is 1.29 bits per heavy atom.